The summed E-state index contributed by atoms with van der Waals surface area (Å²) in [5, 5.41) is 25.0. The SMILES string of the molecule is CC1CC(NC(=O)c2ccc(O)cc2O)CCN1. The first-order valence-corrected chi connectivity index (χ1v) is 6.12. The molecule has 2 rings (SSSR count). The number of nitrogens with one attached hydrogen (secondary N) is 2. The lowest BCUT2D eigenvalue weighted by molar-refractivity contribution is 0.0923. The van der Waals surface area contributed by atoms with Crippen molar-refractivity contribution in [2.75, 3.05) is 6.54 Å². The van der Waals surface area contributed by atoms with Gasteiger partial charge in [-0.15, -0.1) is 0 Å². The van der Waals surface area contributed by atoms with Crippen molar-refractivity contribution < 1.29 is 15.0 Å². The molecule has 0 aromatic heterocycles. The van der Waals surface area contributed by atoms with Gasteiger partial charge in [0.2, 0.25) is 0 Å². The Balaban J connectivity index is 2.03. The van der Waals surface area contributed by atoms with E-state index in [2.05, 4.69) is 17.6 Å². The fraction of sp³-hybridized carbons (Fsp3) is 0.462. The Bertz CT molecular complexity index is 448. The van der Waals surface area contributed by atoms with Gasteiger partial charge in [-0.3, -0.25) is 4.79 Å². The number of carbonyl (C=O) groups is 1. The Kier molecular flexibility index (Phi) is 3.72. The van der Waals surface area contributed by atoms with Crippen LogP contribution in [0.5, 0.6) is 11.5 Å². The van der Waals surface area contributed by atoms with E-state index in [1.165, 1.54) is 18.2 Å². The molecular formula is C13H18N2O3. The lowest BCUT2D eigenvalue weighted by Crippen LogP contribution is -2.46. The van der Waals surface area contributed by atoms with Crippen LogP contribution in [-0.2, 0) is 0 Å². The zero-order chi connectivity index (χ0) is 13.1. The molecule has 5 nitrogen and oxygen atoms in total. The van der Waals surface area contributed by atoms with E-state index < -0.39 is 0 Å². The Hall–Kier alpha value is -1.75. The number of phenolic OH excluding ortho intramolecular Hbond substituents is 2. The van der Waals surface area contributed by atoms with Crippen molar-refractivity contribution in [3.05, 3.63) is 23.8 Å². The highest BCUT2D eigenvalue weighted by Crippen LogP contribution is 2.22. The second-order valence-electron chi connectivity index (χ2n) is 4.75. The van der Waals surface area contributed by atoms with Gasteiger partial charge in [0.05, 0.1) is 5.56 Å². The van der Waals surface area contributed by atoms with Crippen LogP contribution in [0.4, 0.5) is 0 Å². The van der Waals surface area contributed by atoms with Crippen LogP contribution >= 0.6 is 0 Å². The smallest absolute Gasteiger partial charge is 0.255 e. The van der Waals surface area contributed by atoms with E-state index in [4.69, 9.17) is 0 Å². The van der Waals surface area contributed by atoms with Gasteiger partial charge in [0.25, 0.3) is 5.91 Å². The molecule has 1 aliphatic heterocycles. The molecule has 4 N–H and O–H groups in total. The largest absolute Gasteiger partial charge is 0.508 e. The molecule has 1 heterocycles. The van der Waals surface area contributed by atoms with Crippen molar-refractivity contribution in [3.8, 4) is 11.5 Å². The average Bonchev–Trinajstić information content (AvgIpc) is 2.28. The minimum Gasteiger partial charge on any atom is -0.508 e. The van der Waals surface area contributed by atoms with E-state index >= 15 is 0 Å². The predicted molar refractivity (Wildman–Crippen MR) is 67.7 cm³/mol. The van der Waals surface area contributed by atoms with Crippen LogP contribution in [0, 0.1) is 0 Å². The van der Waals surface area contributed by atoms with Crippen molar-refractivity contribution in [2.45, 2.75) is 31.8 Å². The van der Waals surface area contributed by atoms with Crippen molar-refractivity contribution >= 4 is 5.91 Å². The summed E-state index contributed by atoms with van der Waals surface area (Å²) in [7, 11) is 0. The number of rotatable bonds is 2. The number of hydrogen-bond donors (Lipinski definition) is 4. The van der Waals surface area contributed by atoms with Crippen LogP contribution < -0.4 is 10.6 Å². The summed E-state index contributed by atoms with van der Waals surface area (Å²) in [5.41, 5.74) is 0.194. The molecule has 1 fully saturated rings. The molecule has 5 heteroatoms. The standard InChI is InChI=1S/C13H18N2O3/c1-8-6-9(4-5-14-8)15-13(18)11-3-2-10(16)7-12(11)17/h2-3,7-9,14,16-17H,4-6H2,1H3,(H,15,18). The van der Waals surface area contributed by atoms with Gasteiger partial charge in [-0.2, -0.15) is 0 Å². The summed E-state index contributed by atoms with van der Waals surface area (Å²) in [6.07, 6.45) is 1.76. The van der Waals surface area contributed by atoms with E-state index in [1.54, 1.807) is 0 Å². The number of aromatic hydroxyl groups is 2. The molecule has 0 bridgehead atoms. The second kappa shape index (κ2) is 5.27. The van der Waals surface area contributed by atoms with Crippen LogP contribution in [0.3, 0.4) is 0 Å². The maximum Gasteiger partial charge on any atom is 0.255 e. The third kappa shape index (κ3) is 2.92. The van der Waals surface area contributed by atoms with Gasteiger partial charge in [-0.25, -0.2) is 0 Å². The first-order chi connectivity index (χ1) is 8.56. The first-order valence-electron chi connectivity index (χ1n) is 6.12. The van der Waals surface area contributed by atoms with Crippen LogP contribution in [0.2, 0.25) is 0 Å². The molecule has 18 heavy (non-hydrogen) atoms. The molecule has 1 saturated heterocycles. The van der Waals surface area contributed by atoms with Crippen molar-refractivity contribution in [2.24, 2.45) is 0 Å². The topological polar surface area (TPSA) is 81.6 Å². The number of carbonyl (C=O) groups excluding carboxylic acids is 1. The van der Waals surface area contributed by atoms with Crippen LogP contribution in [0.15, 0.2) is 18.2 Å². The van der Waals surface area contributed by atoms with Crippen molar-refractivity contribution in [1.82, 2.24) is 10.6 Å². The average molecular weight is 250 g/mol. The number of benzene rings is 1. The Morgan fingerprint density at radius 2 is 2.22 bits per heavy atom. The normalized spacial score (nSPS) is 23.6. The highest BCUT2D eigenvalue weighted by molar-refractivity contribution is 5.97. The van der Waals surface area contributed by atoms with E-state index in [0.29, 0.717) is 6.04 Å². The fourth-order valence-corrected chi connectivity index (χ4v) is 2.24. The quantitative estimate of drug-likeness (QED) is 0.630. The lowest BCUT2D eigenvalue weighted by Gasteiger charge is -2.28. The molecule has 1 aromatic rings. The van der Waals surface area contributed by atoms with Crippen molar-refractivity contribution in [1.29, 1.82) is 0 Å². The number of phenols is 2. The molecule has 2 atom stereocenters. The minimum absolute atomic E-state index is 0.0560. The van der Waals surface area contributed by atoms with Crippen LogP contribution in [0.1, 0.15) is 30.1 Å². The third-order valence-corrected chi connectivity index (χ3v) is 3.18. The number of amides is 1. The van der Waals surface area contributed by atoms with E-state index in [1.807, 2.05) is 0 Å². The summed E-state index contributed by atoms with van der Waals surface area (Å²) in [6, 6.07) is 4.49. The number of hydrogen-bond acceptors (Lipinski definition) is 4. The summed E-state index contributed by atoms with van der Waals surface area (Å²) >= 11 is 0. The van der Waals surface area contributed by atoms with Crippen molar-refractivity contribution in [3.63, 3.8) is 0 Å². The van der Waals surface area contributed by atoms with Gasteiger partial charge < -0.3 is 20.8 Å². The molecule has 0 spiro atoms. The lowest BCUT2D eigenvalue weighted by atomic mass is 10.00. The fourth-order valence-electron chi connectivity index (χ4n) is 2.24. The number of piperidine rings is 1. The van der Waals surface area contributed by atoms with E-state index in [9.17, 15) is 15.0 Å². The van der Waals surface area contributed by atoms with Gasteiger partial charge >= 0.3 is 0 Å². The van der Waals surface area contributed by atoms with Gasteiger partial charge in [-0.1, -0.05) is 0 Å². The molecular weight excluding hydrogens is 232 g/mol. The van der Waals surface area contributed by atoms with Crippen LogP contribution in [0.25, 0.3) is 0 Å². The maximum absolute atomic E-state index is 12.0. The minimum atomic E-state index is -0.299. The second-order valence-corrected chi connectivity index (χ2v) is 4.75. The van der Waals surface area contributed by atoms with E-state index in [-0.39, 0.29) is 29.0 Å². The summed E-state index contributed by atoms with van der Waals surface area (Å²) < 4.78 is 0. The molecule has 98 valence electrons. The monoisotopic (exact) mass is 250 g/mol. The Labute approximate surface area is 106 Å². The van der Waals surface area contributed by atoms with E-state index in [0.717, 1.165) is 19.4 Å². The highest BCUT2D eigenvalue weighted by Gasteiger charge is 2.21. The zero-order valence-electron chi connectivity index (χ0n) is 10.3. The highest BCUT2D eigenvalue weighted by atomic mass is 16.3. The molecule has 2 unspecified atom stereocenters. The summed E-state index contributed by atoms with van der Waals surface area (Å²) in [5.74, 6) is -0.555. The predicted octanol–water partition coefficient (Wildman–Crippen LogP) is 0.968. The van der Waals surface area contributed by atoms with Crippen LogP contribution in [-0.4, -0.2) is 34.7 Å². The third-order valence-electron chi connectivity index (χ3n) is 3.18. The van der Waals surface area contributed by atoms with Gasteiger partial charge in [0, 0.05) is 18.2 Å². The van der Waals surface area contributed by atoms with Gasteiger partial charge in [0.1, 0.15) is 11.5 Å². The Morgan fingerprint density at radius 1 is 1.44 bits per heavy atom. The Morgan fingerprint density at radius 3 is 2.89 bits per heavy atom. The molecule has 0 aliphatic carbocycles. The molecule has 1 aromatic carbocycles. The summed E-state index contributed by atoms with van der Waals surface area (Å²) in [6.45, 7) is 2.96. The van der Waals surface area contributed by atoms with Gasteiger partial charge in [-0.05, 0) is 38.4 Å². The molecule has 1 amide bonds. The molecule has 0 radical (unpaired) electrons. The molecule has 1 aliphatic rings. The summed E-state index contributed by atoms with van der Waals surface area (Å²) in [4.78, 5) is 12.0. The first kappa shape index (κ1) is 12.7. The molecule has 0 saturated carbocycles. The maximum atomic E-state index is 12.0. The van der Waals surface area contributed by atoms with Gasteiger partial charge in [0.15, 0.2) is 0 Å². The zero-order valence-corrected chi connectivity index (χ0v) is 10.3.